The summed E-state index contributed by atoms with van der Waals surface area (Å²) in [6, 6.07) is 16.1. The van der Waals surface area contributed by atoms with Crippen molar-refractivity contribution in [2.75, 3.05) is 19.6 Å². The van der Waals surface area contributed by atoms with Crippen molar-refractivity contribution < 1.29 is 0 Å². The van der Waals surface area contributed by atoms with Crippen molar-refractivity contribution >= 4 is 10.8 Å². The second kappa shape index (κ2) is 6.87. The number of fused-ring (bicyclic) bond motifs is 1. The molecular formula is C18H24N2. The van der Waals surface area contributed by atoms with Crippen molar-refractivity contribution in [3.8, 4) is 0 Å². The third kappa shape index (κ3) is 3.59. The maximum atomic E-state index is 3.59. The van der Waals surface area contributed by atoms with Crippen LogP contribution < -0.4 is 10.6 Å². The Morgan fingerprint density at radius 3 is 2.80 bits per heavy atom. The van der Waals surface area contributed by atoms with E-state index in [9.17, 15) is 0 Å². The molecule has 1 fully saturated rings. The molecule has 1 heterocycles. The Hall–Kier alpha value is -1.38. The summed E-state index contributed by atoms with van der Waals surface area (Å²) in [5.41, 5.74) is 1.42. The van der Waals surface area contributed by atoms with Crippen molar-refractivity contribution in [1.82, 2.24) is 10.6 Å². The van der Waals surface area contributed by atoms with E-state index in [1.807, 2.05) is 0 Å². The molecule has 1 atom stereocenters. The lowest BCUT2D eigenvalue weighted by molar-refractivity contribution is 0.384. The number of hydrogen-bond donors (Lipinski definition) is 2. The molecule has 0 aliphatic carbocycles. The van der Waals surface area contributed by atoms with E-state index in [-0.39, 0.29) is 0 Å². The van der Waals surface area contributed by atoms with Gasteiger partial charge in [0.15, 0.2) is 0 Å². The van der Waals surface area contributed by atoms with Gasteiger partial charge in [0.25, 0.3) is 0 Å². The SMILES string of the molecule is c1ccc2cc(CCNCC3CCCCN3)ccc2c1. The lowest BCUT2D eigenvalue weighted by Crippen LogP contribution is -2.42. The molecule has 0 saturated carbocycles. The Kier molecular flexibility index (Phi) is 4.67. The first-order chi connectivity index (χ1) is 9.92. The zero-order valence-corrected chi connectivity index (χ0v) is 12.1. The third-order valence-corrected chi connectivity index (χ3v) is 4.21. The van der Waals surface area contributed by atoms with E-state index in [1.54, 1.807) is 0 Å². The van der Waals surface area contributed by atoms with E-state index >= 15 is 0 Å². The third-order valence-electron chi connectivity index (χ3n) is 4.21. The smallest absolute Gasteiger partial charge is 0.0192 e. The fraction of sp³-hybridized carbons (Fsp3) is 0.444. The summed E-state index contributed by atoms with van der Waals surface area (Å²) < 4.78 is 0. The molecule has 2 N–H and O–H groups in total. The van der Waals surface area contributed by atoms with Crippen LogP contribution in [0.4, 0.5) is 0 Å². The van der Waals surface area contributed by atoms with Gasteiger partial charge in [-0.15, -0.1) is 0 Å². The van der Waals surface area contributed by atoms with Crippen LogP contribution in [-0.4, -0.2) is 25.7 Å². The summed E-state index contributed by atoms with van der Waals surface area (Å²) in [6.45, 7) is 3.36. The monoisotopic (exact) mass is 268 g/mol. The normalized spacial score (nSPS) is 19.3. The Morgan fingerprint density at radius 2 is 1.95 bits per heavy atom. The molecule has 1 saturated heterocycles. The quantitative estimate of drug-likeness (QED) is 0.814. The summed E-state index contributed by atoms with van der Waals surface area (Å²) in [5.74, 6) is 0. The molecule has 1 aliphatic rings. The summed E-state index contributed by atoms with van der Waals surface area (Å²) in [4.78, 5) is 0. The summed E-state index contributed by atoms with van der Waals surface area (Å²) in [5, 5.41) is 9.84. The Balaban J connectivity index is 1.47. The predicted molar refractivity (Wildman–Crippen MR) is 86.2 cm³/mol. The van der Waals surface area contributed by atoms with Gasteiger partial charge in [-0.2, -0.15) is 0 Å². The van der Waals surface area contributed by atoms with Gasteiger partial charge >= 0.3 is 0 Å². The zero-order chi connectivity index (χ0) is 13.6. The minimum absolute atomic E-state index is 0.681. The highest BCUT2D eigenvalue weighted by Gasteiger charge is 2.11. The first kappa shape index (κ1) is 13.6. The average molecular weight is 268 g/mol. The molecular weight excluding hydrogens is 244 g/mol. The van der Waals surface area contributed by atoms with Crippen molar-refractivity contribution in [2.45, 2.75) is 31.7 Å². The molecule has 1 aliphatic heterocycles. The average Bonchev–Trinajstić information content (AvgIpc) is 2.52. The fourth-order valence-electron chi connectivity index (χ4n) is 3.00. The second-order valence-electron chi connectivity index (χ2n) is 5.78. The van der Waals surface area contributed by atoms with Crippen LogP contribution in [0.5, 0.6) is 0 Å². The molecule has 106 valence electrons. The summed E-state index contributed by atoms with van der Waals surface area (Å²) in [6.07, 6.45) is 5.15. The first-order valence-electron chi connectivity index (χ1n) is 7.83. The maximum absolute atomic E-state index is 3.59. The molecule has 0 amide bonds. The molecule has 2 aromatic rings. The molecule has 3 rings (SSSR count). The van der Waals surface area contributed by atoms with E-state index < -0.39 is 0 Å². The van der Waals surface area contributed by atoms with Gasteiger partial charge in [-0.3, -0.25) is 0 Å². The summed E-state index contributed by atoms with van der Waals surface area (Å²) in [7, 11) is 0. The van der Waals surface area contributed by atoms with Gasteiger partial charge < -0.3 is 10.6 Å². The topological polar surface area (TPSA) is 24.1 Å². The first-order valence-corrected chi connectivity index (χ1v) is 7.83. The van der Waals surface area contributed by atoms with Crippen LogP contribution in [0.1, 0.15) is 24.8 Å². The molecule has 2 aromatic carbocycles. The van der Waals surface area contributed by atoms with Gasteiger partial charge in [-0.1, -0.05) is 48.9 Å². The molecule has 2 heteroatoms. The predicted octanol–water partition coefficient (Wildman–Crippen LogP) is 3.11. The Bertz CT molecular complexity index is 544. The number of benzene rings is 2. The molecule has 20 heavy (non-hydrogen) atoms. The molecule has 0 spiro atoms. The molecule has 0 radical (unpaired) electrons. The highest BCUT2D eigenvalue weighted by Crippen LogP contribution is 2.15. The minimum atomic E-state index is 0.681. The van der Waals surface area contributed by atoms with Gasteiger partial charge in [0, 0.05) is 12.6 Å². The minimum Gasteiger partial charge on any atom is -0.315 e. The lowest BCUT2D eigenvalue weighted by Gasteiger charge is -2.23. The van der Waals surface area contributed by atoms with Crippen LogP contribution in [-0.2, 0) is 6.42 Å². The van der Waals surface area contributed by atoms with Gasteiger partial charge in [0.05, 0.1) is 0 Å². The van der Waals surface area contributed by atoms with Gasteiger partial charge in [-0.25, -0.2) is 0 Å². The highest BCUT2D eigenvalue weighted by molar-refractivity contribution is 5.82. The number of piperidine rings is 1. The number of rotatable bonds is 5. The lowest BCUT2D eigenvalue weighted by atomic mass is 10.0. The van der Waals surface area contributed by atoms with E-state index in [1.165, 1.54) is 42.1 Å². The largest absolute Gasteiger partial charge is 0.315 e. The highest BCUT2D eigenvalue weighted by atomic mass is 15.0. The van der Waals surface area contributed by atoms with E-state index in [0.29, 0.717) is 6.04 Å². The molecule has 0 bridgehead atoms. The van der Waals surface area contributed by atoms with Crippen LogP contribution >= 0.6 is 0 Å². The van der Waals surface area contributed by atoms with Crippen molar-refractivity contribution in [1.29, 1.82) is 0 Å². The Labute approximate surface area is 121 Å². The fourth-order valence-corrected chi connectivity index (χ4v) is 3.00. The van der Waals surface area contributed by atoms with Crippen LogP contribution in [0.2, 0.25) is 0 Å². The van der Waals surface area contributed by atoms with Crippen LogP contribution in [0.15, 0.2) is 42.5 Å². The van der Waals surface area contributed by atoms with E-state index in [0.717, 1.165) is 19.5 Å². The number of hydrogen-bond acceptors (Lipinski definition) is 2. The summed E-state index contributed by atoms with van der Waals surface area (Å²) >= 11 is 0. The molecule has 2 nitrogen and oxygen atoms in total. The van der Waals surface area contributed by atoms with Gasteiger partial charge in [-0.05, 0) is 48.7 Å². The van der Waals surface area contributed by atoms with E-state index in [4.69, 9.17) is 0 Å². The molecule has 0 aromatic heterocycles. The van der Waals surface area contributed by atoms with Crippen LogP contribution in [0.3, 0.4) is 0 Å². The standard InChI is InChI=1S/C18H24N2/c1-2-6-17-13-15(8-9-16(17)5-1)10-12-19-14-18-7-3-4-11-20-18/h1-2,5-6,8-9,13,18-20H,3-4,7,10-12,14H2. The Morgan fingerprint density at radius 1 is 1.05 bits per heavy atom. The van der Waals surface area contributed by atoms with Crippen molar-refractivity contribution in [3.05, 3.63) is 48.0 Å². The molecule has 1 unspecified atom stereocenters. The van der Waals surface area contributed by atoms with Crippen LogP contribution in [0, 0.1) is 0 Å². The van der Waals surface area contributed by atoms with Gasteiger partial charge in [0.2, 0.25) is 0 Å². The van der Waals surface area contributed by atoms with Crippen molar-refractivity contribution in [2.24, 2.45) is 0 Å². The van der Waals surface area contributed by atoms with Crippen LogP contribution in [0.25, 0.3) is 10.8 Å². The second-order valence-corrected chi connectivity index (χ2v) is 5.78. The zero-order valence-electron chi connectivity index (χ0n) is 12.1. The van der Waals surface area contributed by atoms with E-state index in [2.05, 4.69) is 53.1 Å². The maximum Gasteiger partial charge on any atom is 0.0192 e. The number of nitrogens with one attached hydrogen (secondary N) is 2. The van der Waals surface area contributed by atoms with Crippen molar-refractivity contribution in [3.63, 3.8) is 0 Å². The van der Waals surface area contributed by atoms with Gasteiger partial charge in [0.1, 0.15) is 0 Å².